The predicted octanol–water partition coefficient (Wildman–Crippen LogP) is 5.19. The average Bonchev–Trinajstić information content (AvgIpc) is 3.18. The lowest BCUT2D eigenvalue weighted by Gasteiger charge is -2.33. The molecule has 2 aliphatic heterocycles. The van der Waals surface area contributed by atoms with Gasteiger partial charge in [0.15, 0.2) is 0 Å². The monoisotopic (exact) mass is 482 g/mol. The van der Waals surface area contributed by atoms with Gasteiger partial charge in [-0.1, -0.05) is 61.4 Å². The molecule has 0 aliphatic carbocycles. The van der Waals surface area contributed by atoms with E-state index in [1.807, 2.05) is 82.5 Å². The predicted molar refractivity (Wildman–Crippen MR) is 142 cm³/mol. The summed E-state index contributed by atoms with van der Waals surface area (Å²) in [6, 6.07) is 20.0. The van der Waals surface area contributed by atoms with Gasteiger partial charge in [-0.25, -0.2) is 4.68 Å². The van der Waals surface area contributed by atoms with Gasteiger partial charge in [0.1, 0.15) is 0 Å². The van der Waals surface area contributed by atoms with Crippen LogP contribution in [0, 0.1) is 5.92 Å². The van der Waals surface area contributed by atoms with Crippen LogP contribution in [0.5, 0.6) is 0 Å². The highest BCUT2D eigenvalue weighted by Gasteiger charge is 2.30. The van der Waals surface area contributed by atoms with Crippen molar-refractivity contribution < 1.29 is 9.59 Å². The zero-order valence-corrected chi connectivity index (χ0v) is 20.8. The lowest BCUT2D eigenvalue weighted by atomic mass is 9.95. The molecule has 6 nitrogen and oxygen atoms in total. The van der Waals surface area contributed by atoms with Crippen LogP contribution in [0.2, 0.25) is 0 Å². The van der Waals surface area contributed by atoms with Gasteiger partial charge in [0, 0.05) is 55.5 Å². The van der Waals surface area contributed by atoms with Crippen molar-refractivity contribution in [3.8, 4) is 16.9 Å². The Kier molecular flexibility index (Phi) is 7.60. The molecule has 186 valence electrons. The van der Waals surface area contributed by atoms with Crippen LogP contribution < -0.4 is 0 Å². The van der Waals surface area contributed by atoms with Crippen LogP contribution in [-0.2, 0) is 9.59 Å². The number of piperidine rings is 1. The Hall–Kier alpha value is -3.67. The Bertz CT molecular complexity index is 1190. The zero-order chi connectivity index (χ0) is 24.7. The molecule has 3 heterocycles. The second-order valence-electron chi connectivity index (χ2n) is 9.75. The number of rotatable bonds is 5. The van der Waals surface area contributed by atoms with Gasteiger partial charge in [-0.15, -0.1) is 0 Å². The van der Waals surface area contributed by atoms with Crippen LogP contribution in [0.25, 0.3) is 23.0 Å². The molecule has 1 aromatic heterocycles. The number of aromatic nitrogens is 2. The van der Waals surface area contributed by atoms with E-state index >= 15 is 0 Å². The summed E-state index contributed by atoms with van der Waals surface area (Å²) >= 11 is 0. The van der Waals surface area contributed by atoms with Gasteiger partial charge >= 0.3 is 0 Å². The minimum Gasteiger partial charge on any atom is -0.342 e. The summed E-state index contributed by atoms with van der Waals surface area (Å²) in [5.74, 6) is 0.326. The molecule has 0 radical (unpaired) electrons. The van der Waals surface area contributed by atoms with Crippen molar-refractivity contribution in [1.82, 2.24) is 19.6 Å². The second kappa shape index (κ2) is 11.4. The fourth-order valence-corrected chi connectivity index (χ4v) is 5.21. The van der Waals surface area contributed by atoms with Crippen molar-refractivity contribution in [1.29, 1.82) is 0 Å². The third-order valence-electron chi connectivity index (χ3n) is 7.29. The lowest BCUT2D eigenvalue weighted by molar-refractivity contribution is -0.139. The van der Waals surface area contributed by atoms with Gasteiger partial charge in [-0.3, -0.25) is 9.59 Å². The molecule has 36 heavy (non-hydrogen) atoms. The first kappa shape index (κ1) is 24.0. The molecule has 0 spiro atoms. The molecule has 2 aliphatic rings. The number of benzene rings is 2. The van der Waals surface area contributed by atoms with Crippen LogP contribution in [0.3, 0.4) is 0 Å². The molecule has 3 aromatic rings. The number of amides is 2. The number of carbonyl (C=O) groups excluding carboxylic acids is 2. The van der Waals surface area contributed by atoms with E-state index in [0.717, 1.165) is 61.3 Å². The van der Waals surface area contributed by atoms with Gasteiger partial charge in [-0.05, 0) is 43.9 Å². The van der Waals surface area contributed by atoms with Crippen molar-refractivity contribution in [2.24, 2.45) is 5.92 Å². The summed E-state index contributed by atoms with van der Waals surface area (Å²) in [6.45, 7) is 3.03. The van der Waals surface area contributed by atoms with Gasteiger partial charge in [0.25, 0.3) is 0 Å². The first-order valence-electron chi connectivity index (χ1n) is 13.2. The molecule has 0 atom stereocenters. The van der Waals surface area contributed by atoms with E-state index in [1.165, 1.54) is 12.8 Å². The molecule has 2 amide bonds. The first-order valence-corrected chi connectivity index (χ1v) is 13.2. The summed E-state index contributed by atoms with van der Waals surface area (Å²) in [4.78, 5) is 29.9. The molecule has 5 rings (SSSR count). The van der Waals surface area contributed by atoms with E-state index in [2.05, 4.69) is 4.90 Å². The van der Waals surface area contributed by atoms with Crippen LogP contribution in [0.1, 0.15) is 44.1 Å². The molecule has 0 N–H and O–H groups in total. The van der Waals surface area contributed by atoms with Crippen molar-refractivity contribution in [3.05, 3.63) is 78.5 Å². The van der Waals surface area contributed by atoms with Crippen LogP contribution in [0.4, 0.5) is 0 Å². The summed E-state index contributed by atoms with van der Waals surface area (Å²) in [5.41, 5.74) is 3.71. The Morgan fingerprint density at radius 1 is 0.778 bits per heavy atom. The molecule has 0 unspecified atom stereocenters. The van der Waals surface area contributed by atoms with E-state index in [1.54, 1.807) is 6.08 Å². The van der Waals surface area contributed by atoms with E-state index in [4.69, 9.17) is 5.10 Å². The van der Waals surface area contributed by atoms with Gasteiger partial charge in [0.05, 0.1) is 11.4 Å². The standard InChI is InChI=1S/C30H34N4O2/c35-28(32-21-17-25(18-22-32)30(36)33-19-9-1-2-10-20-33)16-15-26-23-34(27-13-7-4-8-14-27)31-29(26)24-11-5-3-6-12-24/h3-8,11-16,23,25H,1-2,9-10,17-22H2. The Balaban J connectivity index is 1.26. The Labute approximate surface area is 213 Å². The quantitative estimate of drug-likeness (QED) is 0.470. The number of nitrogens with zero attached hydrogens (tertiary/aromatic N) is 4. The molecule has 2 aromatic carbocycles. The summed E-state index contributed by atoms with van der Waals surface area (Å²) in [5, 5.41) is 4.82. The Morgan fingerprint density at radius 3 is 2.08 bits per heavy atom. The maximum absolute atomic E-state index is 13.0. The van der Waals surface area contributed by atoms with Crippen molar-refractivity contribution in [2.45, 2.75) is 38.5 Å². The van der Waals surface area contributed by atoms with E-state index < -0.39 is 0 Å². The number of hydrogen-bond acceptors (Lipinski definition) is 3. The highest BCUT2D eigenvalue weighted by molar-refractivity contribution is 5.93. The highest BCUT2D eigenvalue weighted by atomic mass is 16.2. The first-order chi connectivity index (χ1) is 17.7. The van der Waals surface area contributed by atoms with Crippen LogP contribution >= 0.6 is 0 Å². The molecular formula is C30H34N4O2. The second-order valence-corrected chi connectivity index (χ2v) is 9.75. The van der Waals surface area contributed by atoms with E-state index in [-0.39, 0.29) is 11.8 Å². The third kappa shape index (κ3) is 5.59. The van der Waals surface area contributed by atoms with Crippen molar-refractivity contribution >= 4 is 17.9 Å². The zero-order valence-electron chi connectivity index (χ0n) is 20.8. The number of hydrogen-bond donors (Lipinski definition) is 0. The topological polar surface area (TPSA) is 58.4 Å². The van der Waals surface area contributed by atoms with Crippen LogP contribution in [0.15, 0.2) is 72.9 Å². The summed E-state index contributed by atoms with van der Waals surface area (Å²) in [7, 11) is 0. The Morgan fingerprint density at radius 2 is 1.42 bits per heavy atom. The van der Waals surface area contributed by atoms with E-state index in [9.17, 15) is 9.59 Å². The van der Waals surface area contributed by atoms with Crippen LogP contribution in [-0.4, -0.2) is 57.6 Å². The van der Waals surface area contributed by atoms with Gasteiger partial charge in [-0.2, -0.15) is 5.10 Å². The average molecular weight is 483 g/mol. The maximum atomic E-state index is 13.0. The number of carbonyl (C=O) groups is 2. The van der Waals surface area contributed by atoms with Crippen molar-refractivity contribution in [2.75, 3.05) is 26.2 Å². The van der Waals surface area contributed by atoms with Gasteiger partial charge in [0.2, 0.25) is 11.8 Å². The molecule has 0 bridgehead atoms. The summed E-state index contributed by atoms with van der Waals surface area (Å²) < 4.78 is 1.85. The van der Waals surface area contributed by atoms with Crippen molar-refractivity contribution in [3.63, 3.8) is 0 Å². The fourth-order valence-electron chi connectivity index (χ4n) is 5.21. The van der Waals surface area contributed by atoms with E-state index in [0.29, 0.717) is 19.0 Å². The normalized spacial score (nSPS) is 17.3. The van der Waals surface area contributed by atoms with Gasteiger partial charge < -0.3 is 9.80 Å². The largest absolute Gasteiger partial charge is 0.342 e. The minimum absolute atomic E-state index is 0.0119. The number of para-hydroxylation sites is 1. The minimum atomic E-state index is -0.0119. The lowest BCUT2D eigenvalue weighted by Crippen LogP contribution is -2.44. The summed E-state index contributed by atoms with van der Waals surface area (Å²) in [6.07, 6.45) is 11.6. The maximum Gasteiger partial charge on any atom is 0.246 e. The fraction of sp³-hybridized carbons (Fsp3) is 0.367. The molecular weight excluding hydrogens is 448 g/mol. The molecule has 0 saturated carbocycles. The molecule has 2 fully saturated rings. The molecule has 6 heteroatoms. The number of likely N-dealkylation sites (tertiary alicyclic amines) is 2. The smallest absolute Gasteiger partial charge is 0.246 e. The SMILES string of the molecule is O=C(C=Cc1cn(-c2ccccc2)nc1-c1ccccc1)N1CCC(C(=O)N2CCCCCC2)CC1. The highest BCUT2D eigenvalue weighted by Crippen LogP contribution is 2.26. The third-order valence-corrected chi connectivity index (χ3v) is 7.29. The molecule has 2 saturated heterocycles.